The molecule has 39 heavy (non-hydrogen) atoms. The van der Waals surface area contributed by atoms with Crippen LogP contribution in [0, 0.1) is 0 Å². The van der Waals surface area contributed by atoms with Crippen LogP contribution in [-0.2, 0) is 9.53 Å². The molecule has 0 saturated carbocycles. The van der Waals surface area contributed by atoms with Crippen LogP contribution in [-0.4, -0.2) is 42.6 Å². The van der Waals surface area contributed by atoms with E-state index in [1.807, 2.05) is 13.8 Å². The van der Waals surface area contributed by atoms with Gasteiger partial charge >= 0.3 is 5.97 Å². The molecule has 2 aromatic carbocycles. The number of phenolic OH excluding ortho intramolecular Hbond substituents is 1. The second kappa shape index (κ2) is 12.1. The molecule has 0 fully saturated rings. The second-order valence-corrected chi connectivity index (χ2v) is 10.3. The van der Waals surface area contributed by atoms with Crippen LogP contribution >= 0.6 is 27.3 Å². The van der Waals surface area contributed by atoms with E-state index in [9.17, 15) is 14.7 Å². The maximum absolute atomic E-state index is 13.9. The van der Waals surface area contributed by atoms with E-state index in [1.165, 1.54) is 29.1 Å². The van der Waals surface area contributed by atoms with Gasteiger partial charge in [-0.1, -0.05) is 33.3 Å². The van der Waals surface area contributed by atoms with Gasteiger partial charge in [0, 0.05) is 4.47 Å². The molecule has 0 unspecified atom stereocenters. The maximum atomic E-state index is 13.9. The first-order valence-corrected chi connectivity index (χ1v) is 14.0. The highest BCUT2D eigenvalue weighted by atomic mass is 79.9. The molecule has 9 nitrogen and oxygen atoms in total. The number of benzene rings is 2. The number of rotatable bonds is 9. The predicted octanol–water partition coefficient (Wildman–Crippen LogP) is 4.07. The fraction of sp³-hybridized carbons (Fsp3) is 0.321. The van der Waals surface area contributed by atoms with E-state index in [1.54, 1.807) is 44.2 Å². The molecule has 0 radical (unpaired) electrons. The number of methoxy groups -OCH3 is 1. The SMILES string of the molecule is CCOC(=O)C1=C(C)N=c2s/c(=C/c3ccc(O)c(OCC)c3)c(=O)n2[C@H]1c1cc(OC)c(OCC)cc1Br. The summed E-state index contributed by atoms with van der Waals surface area (Å²) >= 11 is 4.82. The Balaban J connectivity index is 1.97. The Morgan fingerprint density at radius 3 is 2.49 bits per heavy atom. The average molecular weight is 618 g/mol. The van der Waals surface area contributed by atoms with Crippen molar-refractivity contribution < 1.29 is 28.8 Å². The van der Waals surface area contributed by atoms with E-state index in [2.05, 4.69) is 20.9 Å². The summed E-state index contributed by atoms with van der Waals surface area (Å²) in [5, 5.41) is 10.1. The minimum absolute atomic E-state index is 0.0134. The molecule has 4 rings (SSSR count). The molecule has 3 aromatic rings. The van der Waals surface area contributed by atoms with Crippen LogP contribution in [0.25, 0.3) is 6.08 Å². The van der Waals surface area contributed by atoms with Gasteiger partial charge < -0.3 is 24.1 Å². The number of ether oxygens (including phenoxy) is 4. The van der Waals surface area contributed by atoms with Crippen molar-refractivity contribution in [3.05, 3.63) is 76.9 Å². The summed E-state index contributed by atoms with van der Waals surface area (Å²) < 4.78 is 24.7. The number of hydrogen-bond acceptors (Lipinski definition) is 9. The maximum Gasteiger partial charge on any atom is 0.338 e. The predicted molar refractivity (Wildman–Crippen MR) is 152 cm³/mol. The van der Waals surface area contributed by atoms with E-state index < -0.39 is 12.0 Å². The minimum Gasteiger partial charge on any atom is -0.504 e. The molecule has 206 valence electrons. The topological polar surface area (TPSA) is 109 Å². The number of aromatic nitrogens is 1. The number of aromatic hydroxyl groups is 1. The molecular formula is C28H29BrN2O7S. The van der Waals surface area contributed by atoms with Gasteiger partial charge in [0.05, 0.1) is 48.8 Å². The number of hydrogen-bond donors (Lipinski definition) is 1. The van der Waals surface area contributed by atoms with Crippen LogP contribution < -0.4 is 29.1 Å². The lowest BCUT2D eigenvalue weighted by atomic mass is 9.95. The standard InChI is InChI=1S/C28H29BrN2O7S/c1-6-36-20-11-16(9-10-19(20)32)12-23-26(33)31-25(17-13-21(35-5)22(37-7-2)14-18(17)29)24(27(34)38-8-3)15(4)30-28(31)39-23/h9-14,25,32H,6-8H2,1-5H3/b23-12+/t25-/m0/s1. The summed E-state index contributed by atoms with van der Waals surface area (Å²) in [5.74, 6) is 0.765. The van der Waals surface area contributed by atoms with E-state index >= 15 is 0 Å². The van der Waals surface area contributed by atoms with Crippen molar-refractivity contribution in [1.82, 2.24) is 4.57 Å². The third-order valence-corrected chi connectivity index (χ3v) is 7.65. The van der Waals surface area contributed by atoms with Crippen molar-refractivity contribution in [3.63, 3.8) is 0 Å². The average Bonchev–Trinajstić information content (AvgIpc) is 3.20. The van der Waals surface area contributed by atoms with Crippen molar-refractivity contribution in [2.75, 3.05) is 26.9 Å². The van der Waals surface area contributed by atoms with Crippen molar-refractivity contribution in [3.8, 4) is 23.0 Å². The summed E-state index contributed by atoms with van der Waals surface area (Å²) in [6.45, 7) is 8.13. The van der Waals surface area contributed by atoms with Gasteiger partial charge in [-0.05, 0) is 69.2 Å². The second-order valence-electron chi connectivity index (χ2n) is 8.42. The molecule has 2 heterocycles. The Labute approximate surface area is 237 Å². The molecule has 0 bridgehead atoms. The Bertz CT molecular complexity index is 1620. The molecule has 0 aliphatic carbocycles. The quantitative estimate of drug-likeness (QED) is 0.361. The molecule has 0 saturated heterocycles. The molecule has 1 N–H and O–H groups in total. The lowest BCUT2D eigenvalue weighted by Crippen LogP contribution is -2.40. The van der Waals surface area contributed by atoms with E-state index in [0.717, 1.165) is 0 Å². The number of fused-ring (bicyclic) bond motifs is 1. The first-order chi connectivity index (χ1) is 18.7. The zero-order valence-electron chi connectivity index (χ0n) is 22.2. The molecule has 11 heteroatoms. The Kier molecular flexibility index (Phi) is 8.81. The van der Waals surface area contributed by atoms with Gasteiger partial charge in [0.15, 0.2) is 27.8 Å². The Hall–Kier alpha value is -3.57. The van der Waals surface area contributed by atoms with Crippen LogP contribution in [0.2, 0.25) is 0 Å². The molecule has 1 aromatic heterocycles. The summed E-state index contributed by atoms with van der Waals surface area (Å²) in [4.78, 5) is 32.2. The van der Waals surface area contributed by atoms with Crippen LogP contribution in [0.15, 0.2) is 55.9 Å². The monoisotopic (exact) mass is 616 g/mol. The highest BCUT2D eigenvalue weighted by Crippen LogP contribution is 2.41. The third-order valence-electron chi connectivity index (χ3n) is 5.98. The van der Waals surface area contributed by atoms with Crippen LogP contribution in [0.3, 0.4) is 0 Å². The van der Waals surface area contributed by atoms with Crippen molar-refractivity contribution in [1.29, 1.82) is 0 Å². The van der Waals surface area contributed by atoms with Gasteiger partial charge in [-0.2, -0.15) is 0 Å². The molecule has 1 atom stereocenters. The lowest BCUT2D eigenvalue weighted by molar-refractivity contribution is -0.139. The Morgan fingerprint density at radius 2 is 1.82 bits per heavy atom. The summed E-state index contributed by atoms with van der Waals surface area (Å²) in [6.07, 6.45) is 1.71. The molecular weight excluding hydrogens is 588 g/mol. The molecule has 0 spiro atoms. The number of esters is 1. The van der Waals surface area contributed by atoms with Gasteiger partial charge in [-0.3, -0.25) is 9.36 Å². The minimum atomic E-state index is -0.833. The van der Waals surface area contributed by atoms with Gasteiger partial charge in [0.1, 0.15) is 0 Å². The number of nitrogens with zero attached hydrogens (tertiary/aromatic N) is 2. The number of halogens is 1. The van der Waals surface area contributed by atoms with Crippen LogP contribution in [0.1, 0.15) is 44.9 Å². The van der Waals surface area contributed by atoms with E-state index in [-0.39, 0.29) is 23.5 Å². The largest absolute Gasteiger partial charge is 0.504 e. The normalized spacial score (nSPS) is 15.0. The fourth-order valence-electron chi connectivity index (χ4n) is 4.32. The van der Waals surface area contributed by atoms with Crippen LogP contribution in [0.4, 0.5) is 0 Å². The summed E-state index contributed by atoms with van der Waals surface area (Å²) in [5.41, 5.74) is 1.66. The van der Waals surface area contributed by atoms with Gasteiger partial charge in [-0.15, -0.1) is 0 Å². The van der Waals surface area contributed by atoms with E-state index in [0.29, 0.717) is 61.1 Å². The molecule has 0 amide bonds. The number of thiazole rings is 1. The van der Waals surface area contributed by atoms with Gasteiger partial charge in [0.2, 0.25) is 0 Å². The number of carbonyl (C=O) groups is 1. The Morgan fingerprint density at radius 1 is 1.10 bits per heavy atom. The highest BCUT2D eigenvalue weighted by Gasteiger charge is 2.35. The molecule has 1 aliphatic rings. The van der Waals surface area contributed by atoms with Crippen molar-refractivity contribution >= 4 is 39.3 Å². The van der Waals surface area contributed by atoms with E-state index in [4.69, 9.17) is 18.9 Å². The summed E-state index contributed by atoms with van der Waals surface area (Å²) in [6, 6.07) is 7.55. The number of allylic oxidation sites excluding steroid dienone is 1. The fourth-order valence-corrected chi connectivity index (χ4v) is 5.90. The first kappa shape index (κ1) is 28.4. The van der Waals surface area contributed by atoms with Gasteiger partial charge in [-0.25, -0.2) is 9.79 Å². The number of carbonyl (C=O) groups excluding carboxylic acids is 1. The van der Waals surface area contributed by atoms with Gasteiger partial charge in [0.25, 0.3) is 5.56 Å². The zero-order chi connectivity index (χ0) is 28.3. The smallest absolute Gasteiger partial charge is 0.338 e. The van der Waals surface area contributed by atoms with Crippen molar-refractivity contribution in [2.45, 2.75) is 33.7 Å². The number of phenols is 1. The third kappa shape index (κ3) is 5.60. The zero-order valence-corrected chi connectivity index (χ0v) is 24.6. The molecule has 1 aliphatic heterocycles. The summed E-state index contributed by atoms with van der Waals surface area (Å²) in [7, 11) is 1.53. The van der Waals surface area contributed by atoms with Crippen molar-refractivity contribution in [2.24, 2.45) is 4.99 Å². The lowest BCUT2D eigenvalue weighted by Gasteiger charge is -2.26. The van der Waals surface area contributed by atoms with Crippen LogP contribution in [0.5, 0.6) is 23.0 Å². The highest BCUT2D eigenvalue weighted by molar-refractivity contribution is 9.10. The first-order valence-electron chi connectivity index (χ1n) is 12.4.